The maximum atomic E-state index is 13.4. The minimum atomic E-state index is -0.317. The van der Waals surface area contributed by atoms with Crippen LogP contribution in [0.25, 0.3) is 0 Å². The largest absolute Gasteiger partial charge is 0.392 e. The Kier molecular flexibility index (Phi) is 2.95. The van der Waals surface area contributed by atoms with Crippen molar-refractivity contribution in [3.8, 4) is 0 Å². The van der Waals surface area contributed by atoms with Gasteiger partial charge >= 0.3 is 0 Å². The number of hydrogen-bond donors (Lipinski definition) is 1. The summed E-state index contributed by atoms with van der Waals surface area (Å²) in [5, 5.41) is 9.15. The molecule has 0 saturated carbocycles. The molecular formula is C12H17FO. The van der Waals surface area contributed by atoms with Gasteiger partial charge in [-0.15, -0.1) is 0 Å². The molecule has 0 bridgehead atoms. The molecule has 0 atom stereocenters. The van der Waals surface area contributed by atoms with Crippen molar-refractivity contribution in [3.05, 3.63) is 34.6 Å². The van der Waals surface area contributed by atoms with Crippen LogP contribution in [0, 0.1) is 12.7 Å². The van der Waals surface area contributed by atoms with Gasteiger partial charge in [0.25, 0.3) is 0 Å². The van der Waals surface area contributed by atoms with E-state index in [0.29, 0.717) is 5.56 Å². The molecule has 0 unspecified atom stereocenters. The second-order valence-electron chi connectivity index (χ2n) is 4.63. The van der Waals surface area contributed by atoms with Crippen LogP contribution >= 0.6 is 0 Å². The number of benzene rings is 1. The van der Waals surface area contributed by atoms with Gasteiger partial charge in [0.15, 0.2) is 0 Å². The molecule has 0 fully saturated rings. The predicted octanol–water partition coefficient (Wildman–Crippen LogP) is 2.92. The quantitative estimate of drug-likeness (QED) is 0.732. The van der Waals surface area contributed by atoms with E-state index in [1.165, 1.54) is 6.07 Å². The zero-order chi connectivity index (χ0) is 10.9. The number of aliphatic hydroxyl groups excluding tert-OH is 1. The van der Waals surface area contributed by atoms with Crippen molar-refractivity contribution in [2.45, 2.75) is 39.7 Å². The van der Waals surface area contributed by atoms with E-state index >= 15 is 0 Å². The van der Waals surface area contributed by atoms with E-state index in [2.05, 4.69) is 0 Å². The van der Waals surface area contributed by atoms with Crippen LogP contribution in [0.4, 0.5) is 4.39 Å². The monoisotopic (exact) mass is 196 g/mol. The van der Waals surface area contributed by atoms with Crippen molar-refractivity contribution >= 4 is 0 Å². The number of halogens is 1. The molecule has 0 aliphatic heterocycles. The highest BCUT2D eigenvalue weighted by Crippen LogP contribution is 2.30. The number of hydrogen-bond acceptors (Lipinski definition) is 1. The molecular weight excluding hydrogens is 179 g/mol. The van der Waals surface area contributed by atoms with E-state index in [0.717, 1.165) is 11.1 Å². The van der Waals surface area contributed by atoms with Gasteiger partial charge in [0.1, 0.15) is 5.82 Å². The van der Waals surface area contributed by atoms with Crippen LogP contribution < -0.4 is 0 Å². The van der Waals surface area contributed by atoms with Crippen LogP contribution in [0.3, 0.4) is 0 Å². The maximum absolute atomic E-state index is 13.4. The highest BCUT2D eigenvalue weighted by atomic mass is 19.1. The van der Waals surface area contributed by atoms with Crippen LogP contribution in [0.2, 0.25) is 0 Å². The first-order chi connectivity index (χ1) is 6.38. The fraction of sp³-hybridized carbons (Fsp3) is 0.500. The molecule has 1 rings (SSSR count). The Hall–Kier alpha value is -0.890. The summed E-state index contributed by atoms with van der Waals surface area (Å²) in [6, 6.07) is 3.17. The van der Waals surface area contributed by atoms with Crippen LogP contribution in [0.5, 0.6) is 0 Å². The van der Waals surface area contributed by atoms with Gasteiger partial charge in [0.2, 0.25) is 0 Å². The highest BCUT2D eigenvalue weighted by Gasteiger charge is 2.22. The molecule has 0 amide bonds. The third-order valence-electron chi connectivity index (χ3n) is 2.37. The molecule has 1 aromatic rings. The molecule has 78 valence electrons. The van der Waals surface area contributed by atoms with E-state index in [9.17, 15) is 4.39 Å². The Labute approximate surface area is 84.6 Å². The number of aryl methyl sites for hydroxylation is 1. The van der Waals surface area contributed by atoms with E-state index < -0.39 is 0 Å². The zero-order valence-electron chi connectivity index (χ0n) is 9.19. The molecule has 2 heteroatoms. The molecule has 14 heavy (non-hydrogen) atoms. The van der Waals surface area contributed by atoms with Crippen LogP contribution in [-0.4, -0.2) is 5.11 Å². The van der Waals surface area contributed by atoms with E-state index in [1.54, 1.807) is 6.07 Å². The second-order valence-corrected chi connectivity index (χ2v) is 4.63. The Morgan fingerprint density at radius 2 is 1.86 bits per heavy atom. The predicted molar refractivity (Wildman–Crippen MR) is 55.8 cm³/mol. The fourth-order valence-electron chi connectivity index (χ4n) is 1.94. The Bertz CT molecular complexity index is 337. The van der Waals surface area contributed by atoms with Gasteiger partial charge in [0, 0.05) is 5.56 Å². The third-order valence-corrected chi connectivity index (χ3v) is 2.37. The van der Waals surface area contributed by atoms with Crippen molar-refractivity contribution in [1.29, 1.82) is 0 Å². The first-order valence-corrected chi connectivity index (χ1v) is 4.77. The lowest BCUT2D eigenvalue weighted by Crippen LogP contribution is -2.17. The molecule has 0 radical (unpaired) electrons. The summed E-state index contributed by atoms with van der Waals surface area (Å²) in [4.78, 5) is 0. The summed E-state index contributed by atoms with van der Waals surface area (Å²) in [7, 11) is 0. The van der Waals surface area contributed by atoms with Crippen molar-refractivity contribution in [3.63, 3.8) is 0 Å². The molecule has 0 aliphatic rings. The minimum absolute atomic E-state index is 0.135. The summed E-state index contributed by atoms with van der Waals surface area (Å²) < 4.78 is 13.4. The fourth-order valence-corrected chi connectivity index (χ4v) is 1.94. The first-order valence-electron chi connectivity index (χ1n) is 4.77. The van der Waals surface area contributed by atoms with Gasteiger partial charge in [-0.25, -0.2) is 4.39 Å². The molecule has 1 aromatic carbocycles. The Balaban J connectivity index is 3.46. The highest BCUT2D eigenvalue weighted by molar-refractivity contribution is 5.40. The van der Waals surface area contributed by atoms with Crippen molar-refractivity contribution < 1.29 is 9.50 Å². The average Bonchev–Trinajstić information content (AvgIpc) is 2.06. The second kappa shape index (κ2) is 3.70. The lowest BCUT2D eigenvalue weighted by molar-refractivity contribution is 0.272. The Morgan fingerprint density at radius 1 is 1.29 bits per heavy atom. The smallest absolute Gasteiger partial charge is 0.129 e. The number of rotatable bonds is 1. The normalized spacial score (nSPS) is 11.9. The number of aliphatic hydroxyl groups is 1. The summed E-state index contributed by atoms with van der Waals surface area (Å²) >= 11 is 0. The van der Waals surface area contributed by atoms with Crippen LogP contribution in [0.1, 0.15) is 37.5 Å². The van der Waals surface area contributed by atoms with Gasteiger partial charge in [-0.1, -0.05) is 26.8 Å². The van der Waals surface area contributed by atoms with Gasteiger partial charge < -0.3 is 5.11 Å². The Morgan fingerprint density at radius 3 is 2.21 bits per heavy atom. The van der Waals surface area contributed by atoms with E-state index in [4.69, 9.17) is 5.11 Å². The molecule has 0 saturated heterocycles. The molecule has 1 N–H and O–H groups in total. The van der Waals surface area contributed by atoms with Crippen LogP contribution in [0.15, 0.2) is 12.1 Å². The molecule has 1 nitrogen and oxygen atoms in total. The molecule has 0 aliphatic carbocycles. The van der Waals surface area contributed by atoms with Gasteiger partial charge in [-0.05, 0) is 29.5 Å². The van der Waals surface area contributed by atoms with Crippen molar-refractivity contribution in [2.24, 2.45) is 0 Å². The van der Waals surface area contributed by atoms with Crippen molar-refractivity contribution in [1.82, 2.24) is 0 Å². The maximum Gasteiger partial charge on any atom is 0.129 e. The lowest BCUT2D eigenvalue weighted by Gasteiger charge is -2.25. The van der Waals surface area contributed by atoms with E-state index in [1.807, 2.05) is 27.7 Å². The molecule has 0 aromatic heterocycles. The van der Waals surface area contributed by atoms with Gasteiger partial charge in [0.05, 0.1) is 6.61 Å². The topological polar surface area (TPSA) is 20.2 Å². The van der Waals surface area contributed by atoms with E-state index in [-0.39, 0.29) is 17.8 Å². The summed E-state index contributed by atoms with van der Waals surface area (Å²) in [5.41, 5.74) is 2.24. The SMILES string of the molecule is Cc1ccc(F)c(CO)c1C(C)(C)C. The standard InChI is InChI=1S/C12H17FO/c1-8-5-6-10(13)9(7-14)11(8)12(2,3)4/h5-6,14H,7H2,1-4H3. The lowest BCUT2D eigenvalue weighted by atomic mass is 9.81. The zero-order valence-corrected chi connectivity index (χ0v) is 9.19. The summed E-state index contributed by atoms with van der Waals surface area (Å²) in [6.45, 7) is 7.77. The first kappa shape index (κ1) is 11.2. The average molecular weight is 196 g/mol. The molecule has 0 heterocycles. The van der Waals surface area contributed by atoms with Crippen molar-refractivity contribution in [2.75, 3.05) is 0 Å². The minimum Gasteiger partial charge on any atom is -0.392 e. The van der Waals surface area contributed by atoms with Gasteiger partial charge in [-0.2, -0.15) is 0 Å². The molecule has 0 spiro atoms. The van der Waals surface area contributed by atoms with Crippen LogP contribution in [-0.2, 0) is 12.0 Å². The van der Waals surface area contributed by atoms with Gasteiger partial charge in [-0.3, -0.25) is 0 Å². The summed E-state index contributed by atoms with van der Waals surface area (Å²) in [6.07, 6.45) is 0. The summed E-state index contributed by atoms with van der Waals surface area (Å²) in [5.74, 6) is -0.317. The third kappa shape index (κ3) is 1.95.